The van der Waals surface area contributed by atoms with Crippen LogP contribution in [0.2, 0.25) is 0 Å². The van der Waals surface area contributed by atoms with E-state index in [0.29, 0.717) is 51.6 Å². The van der Waals surface area contributed by atoms with Crippen molar-refractivity contribution >= 4 is 11.9 Å². The van der Waals surface area contributed by atoms with E-state index in [1.54, 1.807) is 7.05 Å². The fraction of sp³-hybridized carbons (Fsp3) is 0.867. The molecule has 1 saturated heterocycles. The molecule has 0 radical (unpaired) electrons. The second-order valence-corrected chi connectivity index (χ2v) is 5.81. The number of carbonyl (C=O) groups is 1. The Morgan fingerprint density at radius 2 is 1.79 bits per heavy atom. The number of guanidine groups is 1. The molecule has 1 atom stereocenters. The van der Waals surface area contributed by atoms with E-state index in [2.05, 4.69) is 15.6 Å². The number of halogens is 3. The summed E-state index contributed by atoms with van der Waals surface area (Å²) in [5.41, 5.74) is 0. The largest absolute Gasteiger partial charge is 0.403 e. The van der Waals surface area contributed by atoms with Gasteiger partial charge in [-0.15, -0.1) is 0 Å². The van der Waals surface area contributed by atoms with Crippen LogP contribution < -0.4 is 10.6 Å². The van der Waals surface area contributed by atoms with Gasteiger partial charge in [-0.05, 0) is 13.3 Å². The van der Waals surface area contributed by atoms with Crippen LogP contribution in [0.4, 0.5) is 13.2 Å². The lowest BCUT2D eigenvalue weighted by atomic mass is 10.2. The number of piperazine rings is 1. The van der Waals surface area contributed by atoms with Crippen LogP contribution in [0, 0.1) is 0 Å². The number of nitrogens with one attached hydrogen (secondary N) is 2. The van der Waals surface area contributed by atoms with Crippen molar-refractivity contribution in [3.63, 3.8) is 0 Å². The van der Waals surface area contributed by atoms with E-state index in [1.165, 1.54) is 11.8 Å². The zero-order chi connectivity index (χ0) is 18.2. The monoisotopic (exact) mass is 351 g/mol. The van der Waals surface area contributed by atoms with Crippen LogP contribution in [0.15, 0.2) is 4.99 Å². The van der Waals surface area contributed by atoms with Crippen molar-refractivity contribution in [2.24, 2.45) is 4.99 Å². The van der Waals surface area contributed by atoms with Gasteiger partial charge in [-0.3, -0.25) is 14.7 Å². The summed E-state index contributed by atoms with van der Waals surface area (Å²) in [5.74, 6) is 0.598. The van der Waals surface area contributed by atoms with Gasteiger partial charge in [0.1, 0.15) is 6.04 Å². The maximum atomic E-state index is 12.8. The second kappa shape index (κ2) is 9.71. The summed E-state index contributed by atoms with van der Waals surface area (Å²) >= 11 is 0. The summed E-state index contributed by atoms with van der Waals surface area (Å²) < 4.78 is 38.3. The molecule has 1 aliphatic heterocycles. The Balaban J connectivity index is 2.37. The SMILES string of the molecule is CCCNC(=O)CCNC(=NC)N1CCN(C(C)C(F)(F)F)CC1. The molecule has 0 aromatic heterocycles. The average molecular weight is 351 g/mol. The molecule has 1 aliphatic rings. The average Bonchev–Trinajstić information content (AvgIpc) is 2.55. The van der Waals surface area contributed by atoms with E-state index in [9.17, 15) is 18.0 Å². The van der Waals surface area contributed by atoms with Crippen LogP contribution in [0.3, 0.4) is 0 Å². The highest BCUT2D eigenvalue weighted by Gasteiger charge is 2.41. The highest BCUT2D eigenvalue weighted by molar-refractivity contribution is 5.81. The van der Waals surface area contributed by atoms with Gasteiger partial charge in [-0.25, -0.2) is 0 Å². The maximum absolute atomic E-state index is 12.8. The third-order valence-electron chi connectivity index (χ3n) is 4.05. The minimum absolute atomic E-state index is 0.0244. The van der Waals surface area contributed by atoms with E-state index in [4.69, 9.17) is 0 Å². The topological polar surface area (TPSA) is 60.0 Å². The van der Waals surface area contributed by atoms with E-state index in [-0.39, 0.29) is 5.91 Å². The van der Waals surface area contributed by atoms with Crippen molar-refractivity contribution in [3.8, 4) is 0 Å². The molecule has 1 unspecified atom stereocenters. The van der Waals surface area contributed by atoms with Crippen LogP contribution in [0.5, 0.6) is 0 Å². The normalized spacial score (nSPS) is 18.4. The Morgan fingerprint density at radius 3 is 2.29 bits per heavy atom. The number of hydrogen-bond acceptors (Lipinski definition) is 3. The molecule has 0 aromatic carbocycles. The van der Waals surface area contributed by atoms with Crippen molar-refractivity contribution in [1.82, 2.24) is 20.4 Å². The Kier molecular flexibility index (Phi) is 8.30. The van der Waals surface area contributed by atoms with Gasteiger partial charge in [-0.2, -0.15) is 13.2 Å². The zero-order valence-electron chi connectivity index (χ0n) is 14.6. The van der Waals surface area contributed by atoms with Crippen LogP contribution >= 0.6 is 0 Å². The van der Waals surface area contributed by atoms with Crippen molar-refractivity contribution in [2.75, 3.05) is 46.3 Å². The summed E-state index contributed by atoms with van der Waals surface area (Å²) in [7, 11) is 1.63. The highest BCUT2D eigenvalue weighted by Crippen LogP contribution is 2.25. The van der Waals surface area contributed by atoms with E-state index >= 15 is 0 Å². The smallest absolute Gasteiger partial charge is 0.356 e. The van der Waals surface area contributed by atoms with Crippen LogP contribution in [-0.2, 0) is 4.79 Å². The fourth-order valence-electron chi connectivity index (χ4n) is 2.50. The molecule has 0 aromatic rings. The molecule has 0 bridgehead atoms. The number of hydrogen-bond donors (Lipinski definition) is 2. The molecule has 2 N–H and O–H groups in total. The zero-order valence-corrected chi connectivity index (χ0v) is 14.6. The third kappa shape index (κ3) is 6.54. The lowest BCUT2D eigenvalue weighted by molar-refractivity contribution is -0.181. The van der Waals surface area contributed by atoms with Crippen LogP contribution in [-0.4, -0.2) is 80.2 Å². The summed E-state index contributed by atoms with van der Waals surface area (Å²) in [6, 6.07) is -1.43. The number of nitrogens with zero attached hydrogens (tertiary/aromatic N) is 3. The number of carbonyl (C=O) groups excluding carboxylic acids is 1. The molecule has 1 rings (SSSR count). The van der Waals surface area contributed by atoms with Gasteiger partial charge in [0.2, 0.25) is 5.91 Å². The summed E-state index contributed by atoms with van der Waals surface area (Å²) in [6.07, 6.45) is -2.97. The molecule has 1 fully saturated rings. The van der Waals surface area contributed by atoms with Gasteiger partial charge in [-0.1, -0.05) is 6.92 Å². The Bertz CT molecular complexity index is 420. The van der Waals surface area contributed by atoms with Gasteiger partial charge in [0.15, 0.2) is 5.96 Å². The first kappa shape index (κ1) is 20.5. The Morgan fingerprint density at radius 1 is 1.17 bits per heavy atom. The molecule has 140 valence electrons. The first-order chi connectivity index (χ1) is 11.3. The van der Waals surface area contributed by atoms with Crippen molar-refractivity contribution in [1.29, 1.82) is 0 Å². The molecule has 0 aliphatic carbocycles. The van der Waals surface area contributed by atoms with Crippen molar-refractivity contribution in [2.45, 2.75) is 38.9 Å². The second-order valence-electron chi connectivity index (χ2n) is 5.81. The van der Waals surface area contributed by atoms with Crippen molar-refractivity contribution < 1.29 is 18.0 Å². The fourth-order valence-corrected chi connectivity index (χ4v) is 2.50. The van der Waals surface area contributed by atoms with Gasteiger partial charge in [0.25, 0.3) is 0 Å². The molecule has 6 nitrogen and oxygen atoms in total. The van der Waals surface area contributed by atoms with E-state index < -0.39 is 12.2 Å². The molecule has 1 amide bonds. The number of amides is 1. The van der Waals surface area contributed by atoms with Crippen molar-refractivity contribution in [3.05, 3.63) is 0 Å². The number of aliphatic imine (C=N–C) groups is 1. The molecule has 0 spiro atoms. The van der Waals surface area contributed by atoms with Gasteiger partial charge >= 0.3 is 6.18 Å². The van der Waals surface area contributed by atoms with E-state index in [1.807, 2.05) is 11.8 Å². The molecule has 1 heterocycles. The quantitative estimate of drug-likeness (QED) is 0.555. The summed E-state index contributed by atoms with van der Waals surface area (Å²) in [4.78, 5) is 19.0. The molecule has 24 heavy (non-hydrogen) atoms. The Labute approximate surface area is 141 Å². The number of alkyl halides is 3. The van der Waals surface area contributed by atoms with E-state index in [0.717, 1.165) is 6.42 Å². The first-order valence-electron chi connectivity index (χ1n) is 8.32. The van der Waals surface area contributed by atoms with Crippen LogP contribution in [0.1, 0.15) is 26.7 Å². The summed E-state index contributed by atoms with van der Waals surface area (Å²) in [6.45, 7) is 5.90. The van der Waals surface area contributed by atoms with Crippen LogP contribution in [0.25, 0.3) is 0 Å². The van der Waals surface area contributed by atoms with Gasteiger partial charge in [0.05, 0.1) is 0 Å². The minimum Gasteiger partial charge on any atom is -0.356 e. The molecular weight excluding hydrogens is 323 g/mol. The standard InChI is InChI=1S/C15H28F3N5O/c1-4-6-20-13(24)5-7-21-14(19-3)23-10-8-22(9-11-23)12(2)15(16,17)18/h12H,4-11H2,1-3H3,(H,19,21)(H,20,24). The summed E-state index contributed by atoms with van der Waals surface area (Å²) in [5, 5.41) is 5.89. The number of rotatable bonds is 6. The molecular formula is C15H28F3N5O. The highest BCUT2D eigenvalue weighted by atomic mass is 19.4. The maximum Gasteiger partial charge on any atom is 0.403 e. The lowest BCUT2D eigenvalue weighted by Gasteiger charge is -2.39. The van der Waals surface area contributed by atoms with Gasteiger partial charge in [0, 0.05) is 52.7 Å². The first-order valence-corrected chi connectivity index (χ1v) is 8.32. The van der Waals surface area contributed by atoms with Gasteiger partial charge < -0.3 is 15.5 Å². The minimum atomic E-state index is -4.20. The Hall–Kier alpha value is -1.51. The molecule has 9 heteroatoms. The predicted octanol–water partition coefficient (Wildman–Crippen LogP) is 1.05. The predicted molar refractivity (Wildman–Crippen MR) is 87.9 cm³/mol. The third-order valence-corrected chi connectivity index (χ3v) is 4.05. The molecule has 0 saturated carbocycles. The lowest BCUT2D eigenvalue weighted by Crippen LogP contribution is -2.56.